The number of piperidine rings is 1. The van der Waals surface area contributed by atoms with E-state index in [9.17, 15) is 4.79 Å². The summed E-state index contributed by atoms with van der Waals surface area (Å²) in [5.74, 6) is 0.610. The number of hydrogen-bond donors (Lipinski definition) is 1. The maximum absolute atomic E-state index is 12.3. The summed E-state index contributed by atoms with van der Waals surface area (Å²) in [5, 5.41) is 1.49. The van der Waals surface area contributed by atoms with Crippen molar-refractivity contribution in [2.24, 2.45) is 17.6 Å². The van der Waals surface area contributed by atoms with Crippen LogP contribution in [0.3, 0.4) is 0 Å². The predicted octanol–water partition coefficient (Wildman–Crippen LogP) is 3.76. The van der Waals surface area contributed by atoms with E-state index >= 15 is 0 Å². The lowest BCUT2D eigenvalue weighted by Gasteiger charge is -2.34. The molecule has 122 valence electrons. The van der Waals surface area contributed by atoms with Gasteiger partial charge in [-0.2, -0.15) is 0 Å². The highest BCUT2D eigenvalue weighted by Gasteiger charge is 2.27. The number of carbonyl (C=O) groups is 1. The highest BCUT2D eigenvalue weighted by Crippen LogP contribution is 2.28. The third kappa shape index (κ3) is 4.37. The first kappa shape index (κ1) is 17.6. The molecule has 2 rings (SSSR count). The summed E-state index contributed by atoms with van der Waals surface area (Å²) < 4.78 is 0. The smallest absolute Gasteiger partial charge is 0.226 e. The Hall–Kier alpha value is -0.770. The van der Waals surface area contributed by atoms with Gasteiger partial charge in [-0.1, -0.05) is 30.1 Å². The monoisotopic (exact) mass is 342 g/mol. The van der Waals surface area contributed by atoms with Gasteiger partial charge in [0.2, 0.25) is 5.91 Å². The molecular weight excluding hydrogens is 319 g/mol. The van der Waals surface area contributed by atoms with Crippen LogP contribution in [0.5, 0.6) is 0 Å². The average Bonchev–Trinajstić information content (AvgIpc) is 2.50. The molecule has 1 aromatic carbocycles. The van der Waals surface area contributed by atoms with Crippen molar-refractivity contribution in [3.05, 3.63) is 33.8 Å². The van der Waals surface area contributed by atoms with Crippen molar-refractivity contribution < 1.29 is 4.79 Å². The third-order valence-corrected chi connectivity index (χ3v) is 5.22. The number of carbonyl (C=O) groups excluding carboxylic acids is 1. The number of halogens is 2. The molecule has 0 saturated carbocycles. The maximum Gasteiger partial charge on any atom is 0.226 e. The van der Waals surface area contributed by atoms with Gasteiger partial charge in [-0.3, -0.25) is 4.79 Å². The van der Waals surface area contributed by atoms with Crippen molar-refractivity contribution in [3.8, 4) is 0 Å². The molecule has 2 N–H and O–H groups in total. The van der Waals surface area contributed by atoms with Crippen molar-refractivity contribution in [1.29, 1.82) is 0 Å². The molecule has 1 amide bonds. The molecule has 0 aliphatic carbocycles. The lowest BCUT2D eigenvalue weighted by Crippen LogP contribution is -2.45. The number of hydrogen-bond acceptors (Lipinski definition) is 2. The second-order valence-corrected chi connectivity index (χ2v) is 7.20. The van der Waals surface area contributed by atoms with Crippen LogP contribution in [0, 0.1) is 11.8 Å². The molecule has 1 fully saturated rings. The molecule has 22 heavy (non-hydrogen) atoms. The number of benzene rings is 1. The van der Waals surface area contributed by atoms with Crippen LogP contribution >= 0.6 is 23.2 Å². The molecule has 2 atom stereocenters. The molecule has 1 heterocycles. The van der Waals surface area contributed by atoms with Gasteiger partial charge in [0.05, 0.1) is 5.92 Å². The zero-order valence-electron chi connectivity index (χ0n) is 13.2. The Kier molecular flexibility index (Phi) is 6.13. The maximum atomic E-state index is 12.3. The van der Waals surface area contributed by atoms with Crippen LogP contribution in [-0.2, 0) is 11.2 Å². The number of nitrogens with zero attached hydrogens (tertiary/aromatic N) is 1. The fraction of sp³-hybridized carbons (Fsp3) is 0.588. The van der Waals surface area contributed by atoms with E-state index in [1.54, 1.807) is 0 Å². The van der Waals surface area contributed by atoms with E-state index in [4.69, 9.17) is 28.9 Å². The Morgan fingerprint density at radius 1 is 1.32 bits per heavy atom. The summed E-state index contributed by atoms with van der Waals surface area (Å²) in [6, 6.07) is 5.50. The number of rotatable bonds is 4. The van der Waals surface area contributed by atoms with Crippen LogP contribution in [0.1, 0.15) is 32.3 Å². The lowest BCUT2D eigenvalue weighted by atomic mass is 9.89. The van der Waals surface area contributed by atoms with E-state index in [0.717, 1.165) is 48.0 Å². The molecular formula is C17H24Cl2N2O. The summed E-state index contributed by atoms with van der Waals surface area (Å²) in [6.45, 7) is 5.40. The first-order valence-corrected chi connectivity index (χ1v) is 8.62. The first-order chi connectivity index (χ1) is 10.4. The van der Waals surface area contributed by atoms with Crippen molar-refractivity contribution in [3.63, 3.8) is 0 Å². The van der Waals surface area contributed by atoms with Gasteiger partial charge in [0, 0.05) is 29.2 Å². The van der Waals surface area contributed by atoms with E-state index in [1.807, 2.05) is 36.9 Å². The normalized spacial score (nSPS) is 19.0. The molecule has 3 nitrogen and oxygen atoms in total. The largest absolute Gasteiger partial charge is 0.342 e. The third-order valence-electron chi connectivity index (χ3n) is 4.62. The molecule has 1 saturated heterocycles. The van der Waals surface area contributed by atoms with Gasteiger partial charge in [-0.15, -0.1) is 0 Å². The summed E-state index contributed by atoms with van der Waals surface area (Å²) in [6.07, 6.45) is 2.92. The van der Waals surface area contributed by atoms with E-state index in [-0.39, 0.29) is 17.9 Å². The van der Waals surface area contributed by atoms with Gasteiger partial charge < -0.3 is 10.6 Å². The summed E-state index contributed by atoms with van der Waals surface area (Å²) in [5.41, 5.74) is 6.93. The molecule has 1 aliphatic heterocycles. The van der Waals surface area contributed by atoms with Gasteiger partial charge >= 0.3 is 0 Å². The second kappa shape index (κ2) is 7.67. The summed E-state index contributed by atoms with van der Waals surface area (Å²) in [7, 11) is 0. The molecule has 5 heteroatoms. The molecule has 0 bridgehead atoms. The van der Waals surface area contributed by atoms with E-state index < -0.39 is 0 Å². The number of likely N-dealkylation sites (tertiary alicyclic amines) is 1. The van der Waals surface area contributed by atoms with E-state index in [0.29, 0.717) is 5.92 Å². The fourth-order valence-corrected chi connectivity index (χ4v) is 3.27. The summed E-state index contributed by atoms with van der Waals surface area (Å²) in [4.78, 5) is 14.3. The Balaban J connectivity index is 1.90. The van der Waals surface area contributed by atoms with Gasteiger partial charge in [0.15, 0.2) is 0 Å². The molecule has 1 aliphatic rings. The highest BCUT2D eigenvalue weighted by molar-refractivity contribution is 6.33. The Morgan fingerprint density at radius 2 is 1.95 bits per heavy atom. The molecule has 0 spiro atoms. The van der Waals surface area contributed by atoms with Crippen molar-refractivity contribution >= 4 is 29.1 Å². The van der Waals surface area contributed by atoms with Crippen LogP contribution in [0.2, 0.25) is 10.0 Å². The first-order valence-electron chi connectivity index (χ1n) is 7.86. The fourth-order valence-electron chi connectivity index (χ4n) is 2.88. The Bertz CT molecular complexity index is 525. The van der Waals surface area contributed by atoms with Crippen LogP contribution < -0.4 is 5.73 Å². The standard InChI is InChI=1S/C17H24Cl2N2O/c1-11(12(2)20)17(22)21-7-5-13(6-8-21)9-14-10-15(18)3-4-16(14)19/h3-4,10-13H,5-9,20H2,1-2H3. The quantitative estimate of drug-likeness (QED) is 0.905. The second-order valence-electron chi connectivity index (χ2n) is 6.36. The summed E-state index contributed by atoms with van der Waals surface area (Å²) >= 11 is 12.3. The lowest BCUT2D eigenvalue weighted by molar-refractivity contribution is -0.136. The SMILES string of the molecule is CC(N)C(C)C(=O)N1CCC(Cc2cc(Cl)ccc2Cl)CC1. The van der Waals surface area contributed by atoms with Crippen LogP contribution in [0.25, 0.3) is 0 Å². The minimum Gasteiger partial charge on any atom is -0.342 e. The predicted molar refractivity (Wildman–Crippen MR) is 92.3 cm³/mol. The van der Waals surface area contributed by atoms with Gasteiger partial charge in [0.25, 0.3) is 0 Å². The minimum absolute atomic E-state index is 0.101. The van der Waals surface area contributed by atoms with E-state index in [1.165, 1.54) is 0 Å². The minimum atomic E-state index is -0.112. The highest BCUT2D eigenvalue weighted by atomic mass is 35.5. The van der Waals surface area contributed by atoms with Gasteiger partial charge in [-0.25, -0.2) is 0 Å². The molecule has 0 radical (unpaired) electrons. The number of nitrogens with two attached hydrogens (primary N) is 1. The Labute approximate surface area is 142 Å². The van der Waals surface area contributed by atoms with E-state index in [2.05, 4.69) is 0 Å². The van der Waals surface area contributed by atoms with Crippen molar-refractivity contribution in [2.75, 3.05) is 13.1 Å². The molecule has 0 aromatic heterocycles. The zero-order valence-corrected chi connectivity index (χ0v) is 14.7. The molecule has 1 aromatic rings. The van der Waals surface area contributed by atoms with Crippen LogP contribution in [0.4, 0.5) is 0 Å². The van der Waals surface area contributed by atoms with Gasteiger partial charge in [-0.05, 0) is 55.9 Å². The number of amides is 1. The Morgan fingerprint density at radius 3 is 2.55 bits per heavy atom. The van der Waals surface area contributed by atoms with Gasteiger partial charge in [0.1, 0.15) is 0 Å². The van der Waals surface area contributed by atoms with Crippen LogP contribution in [0.15, 0.2) is 18.2 Å². The van der Waals surface area contributed by atoms with Crippen LogP contribution in [-0.4, -0.2) is 29.9 Å². The zero-order chi connectivity index (χ0) is 16.3. The van der Waals surface area contributed by atoms with Crippen molar-refractivity contribution in [1.82, 2.24) is 4.90 Å². The van der Waals surface area contributed by atoms with Crippen molar-refractivity contribution in [2.45, 2.75) is 39.2 Å². The molecule has 2 unspecified atom stereocenters. The topological polar surface area (TPSA) is 46.3 Å². The average molecular weight is 343 g/mol.